The van der Waals surface area contributed by atoms with E-state index in [1.807, 2.05) is 24.3 Å². The minimum Gasteiger partial charge on any atom is -0.479 e. The van der Waals surface area contributed by atoms with Gasteiger partial charge >= 0.3 is 5.97 Å². The topological polar surface area (TPSA) is 85.5 Å². The molecule has 0 spiro atoms. The molecule has 1 atom stereocenters. The maximum Gasteiger partial charge on any atom is 0.332 e. The largest absolute Gasteiger partial charge is 0.479 e. The number of benzene rings is 1. The summed E-state index contributed by atoms with van der Waals surface area (Å²) >= 11 is 3.36. The molecule has 0 aliphatic rings. The molecule has 0 unspecified atom stereocenters. The van der Waals surface area contributed by atoms with Crippen molar-refractivity contribution < 1.29 is 19.2 Å². The standard InChI is InChI=1S/C12H11BrN2O4/c1-7(12(16)17)18-6-10-14-11(15-19-10)8-3-2-4-9(13)5-8/h2-5,7H,6H2,1H3,(H,16,17)/t7-/m0/s1. The van der Waals surface area contributed by atoms with Gasteiger partial charge in [0.1, 0.15) is 6.61 Å². The molecule has 0 saturated heterocycles. The molecular formula is C12H11BrN2O4. The van der Waals surface area contributed by atoms with E-state index in [0.29, 0.717) is 5.82 Å². The molecular weight excluding hydrogens is 316 g/mol. The van der Waals surface area contributed by atoms with Crippen molar-refractivity contribution in [2.24, 2.45) is 0 Å². The lowest BCUT2D eigenvalue weighted by Gasteiger charge is -2.04. The summed E-state index contributed by atoms with van der Waals surface area (Å²) in [5.41, 5.74) is 0.802. The Bertz CT molecular complexity index is 585. The summed E-state index contributed by atoms with van der Waals surface area (Å²) in [5, 5.41) is 12.5. The second kappa shape index (κ2) is 5.94. The Balaban J connectivity index is 2.05. The second-order valence-electron chi connectivity index (χ2n) is 3.81. The normalized spacial score (nSPS) is 12.3. The van der Waals surface area contributed by atoms with Gasteiger partial charge in [0.05, 0.1) is 0 Å². The molecule has 0 fully saturated rings. The van der Waals surface area contributed by atoms with E-state index in [2.05, 4.69) is 26.1 Å². The number of carbonyl (C=O) groups is 1. The Hall–Kier alpha value is -1.73. The smallest absolute Gasteiger partial charge is 0.332 e. The summed E-state index contributed by atoms with van der Waals surface area (Å²) in [5.74, 6) is -0.363. The number of aromatic nitrogens is 2. The van der Waals surface area contributed by atoms with Crippen LogP contribution in [0.4, 0.5) is 0 Å². The summed E-state index contributed by atoms with van der Waals surface area (Å²) in [7, 11) is 0. The van der Waals surface area contributed by atoms with Gasteiger partial charge < -0.3 is 14.4 Å². The monoisotopic (exact) mass is 326 g/mol. The van der Waals surface area contributed by atoms with Crippen molar-refractivity contribution in [3.05, 3.63) is 34.6 Å². The zero-order chi connectivity index (χ0) is 13.8. The van der Waals surface area contributed by atoms with Crippen molar-refractivity contribution >= 4 is 21.9 Å². The van der Waals surface area contributed by atoms with Crippen LogP contribution in [0.5, 0.6) is 0 Å². The number of ether oxygens (including phenoxy) is 1. The minimum absolute atomic E-state index is 0.0333. The van der Waals surface area contributed by atoms with Crippen LogP contribution in [0, 0.1) is 0 Å². The first-order valence-electron chi connectivity index (χ1n) is 5.49. The van der Waals surface area contributed by atoms with Crippen LogP contribution >= 0.6 is 15.9 Å². The Morgan fingerprint density at radius 3 is 3.05 bits per heavy atom. The molecule has 7 heteroatoms. The number of hydrogen-bond acceptors (Lipinski definition) is 5. The first-order chi connectivity index (χ1) is 9.06. The summed E-state index contributed by atoms with van der Waals surface area (Å²) in [4.78, 5) is 14.7. The van der Waals surface area contributed by atoms with Crippen LogP contribution in [0.3, 0.4) is 0 Å². The molecule has 0 aliphatic carbocycles. The maximum absolute atomic E-state index is 10.6. The highest BCUT2D eigenvalue weighted by Crippen LogP contribution is 2.20. The lowest BCUT2D eigenvalue weighted by atomic mass is 10.2. The van der Waals surface area contributed by atoms with Crippen molar-refractivity contribution in [1.29, 1.82) is 0 Å². The highest BCUT2D eigenvalue weighted by atomic mass is 79.9. The number of rotatable bonds is 5. The van der Waals surface area contributed by atoms with E-state index in [1.54, 1.807) is 0 Å². The average molecular weight is 327 g/mol. The molecule has 1 N–H and O–H groups in total. The number of hydrogen-bond donors (Lipinski definition) is 1. The molecule has 2 aromatic rings. The van der Waals surface area contributed by atoms with Gasteiger partial charge in [0, 0.05) is 10.0 Å². The van der Waals surface area contributed by atoms with Crippen molar-refractivity contribution in [3.8, 4) is 11.4 Å². The van der Waals surface area contributed by atoms with Crippen LogP contribution < -0.4 is 0 Å². The average Bonchev–Trinajstić information content (AvgIpc) is 2.84. The Kier molecular flexibility index (Phi) is 4.28. The zero-order valence-corrected chi connectivity index (χ0v) is 11.6. The Labute approximate surface area is 117 Å². The van der Waals surface area contributed by atoms with Crippen LogP contribution in [-0.2, 0) is 16.1 Å². The molecule has 2 rings (SSSR count). The Morgan fingerprint density at radius 1 is 1.58 bits per heavy atom. The van der Waals surface area contributed by atoms with Gasteiger partial charge in [-0.2, -0.15) is 4.98 Å². The van der Waals surface area contributed by atoms with Crippen molar-refractivity contribution in [2.45, 2.75) is 19.6 Å². The van der Waals surface area contributed by atoms with E-state index in [1.165, 1.54) is 6.92 Å². The predicted molar refractivity (Wildman–Crippen MR) is 69.3 cm³/mol. The Morgan fingerprint density at radius 2 is 2.37 bits per heavy atom. The first kappa shape index (κ1) is 13.7. The zero-order valence-electron chi connectivity index (χ0n) is 10.0. The highest BCUT2D eigenvalue weighted by molar-refractivity contribution is 9.10. The summed E-state index contributed by atoms with van der Waals surface area (Å²) in [6, 6.07) is 7.45. The SMILES string of the molecule is C[C@H](OCc1nc(-c2cccc(Br)c2)no1)C(=O)O. The van der Waals surface area contributed by atoms with E-state index in [4.69, 9.17) is 14.4 Å². The van der Waals surface area contributed by atoms with Crippen molar-refractivity contribution in [1.82, 2.24) is 10.1 Å². The summed E-state index contributed by atoms with van der Waals surface area (Å²) in [6.07, 6.45) is -0.916. The van der Waals surface area contributed by atoms with Gasteiger partial charge in [0.2, 0.25) is 5.82 Å². The van der Waals surface area contributed by atoms with Crippen LogP contribution in [0.2, 0.25) is 0 Å². The number of halogens is 1. The molecule has 6 nitrogen and oxygen atoms in total. The van der Waals surface area contributed by atoms with E-state index in [9.17, 15) is 4.79 Å². The summed E-state index contributed by atoms with van der Waals surface area (Å²) in [6.45, 7) is 1.41. The van der Waals surface area contributed by atoms with Gasteiger partial charge in [-0.05, 0) is 19.1 Å². The van der Waals surface area contributed by atoms with Crippen LogP contribution in [0.1, 0.15) is 12.8 Å². The number of nitrogens with zero attached hydrogens (tertiary/aromatic N) is 2. The molecule has 1 heterocycles. The van der Waals surface area contributed by atoms with E-state index < -0.39 is 12.1 Å². The van der Waals surface area contributed by atoms with Gasteiger partial charge in [-0.25, -0.2) is 4.79 Å². The van der Waals surface area contributed by atoms with Gasteiger partial charge in [-0.1, -0.05) is 33.2 Å². The van der Waals surface area contributed by atoms with Gasteiger partial charge in [0.15, 0.2) is 6.10 Å². The third-order valence-electron chi connectivity index (χ3n) is 2.36. The van der Waals surface area contributed by atoms with Crippen LogP contribution in [0.15, 0.2) is 33.3 Å². The van der Waals surface area contributed by atoms with E-state index in [0.717, 1.165) is 10.0 Å². The molecule has 1 aromatic heterocycles. The maximum atomic E-state index is 10.6. The third kappa shape index (κ3) is 3.62. The molecule has 0 radical (unpaired) electrons. The van der Waals surface area contributed by atoms with Crippen molar-refractivity contribution in [2.75, 3.05) is 0 Å². The van der Waals surface area contributed by atoms with Crippen LogP contribution in [-0.4, -0.2) is 27.3 Å². The summed E-state index contributed by atoms with van der Waals surface area (Å²) < 4.78 is 11.0. The molecule has 0 amide bonds. The molecule has 1 aromatic carbocycles. The number of aliphatic carboxylic acids is 1. The minimum atomic E-state index is -1.04. The lowest BCUT2D eigenvalue weighted by Crippen LogP contribution is -2.19. The fourth-order valence-electron chi connectivity index (χ4n) is 1.33. The van der Waals surface area contributed by atoms with Gasteiger partial charge in [0.25, 0.3) is 5.89 Å². The first-order valence-corrected chi connectivity index (χ1v) is 6.28. The van der Waals surface area contributed by atoms with Crippen LogP contribution in [0.25, 0.3) is 11.4 Å². The molecule has 100 valence electrons. The highest BCUT2D eigenvalue weighted by Gasteiger charge is 2.14. The fourth-order valence-corrected chi connectivity index (χ4v) is 1.73. The number of carboxylic acid groups (broad SMARTS) is 1. The van der Waals surface area contributed by atoms with Crippen molar-refractivity contribution in [3.63, 3.8) is 0 Å². The van der Waals surface area contributed by atoms with Gasteiger partial charge in [-0.15, -0.1) is 0 Å². The fraction of sp³-hybridized carbons (Fsp3) is 0.250. The molecule has 0 saturated carbocycles. The number of carboxylic acids is 1. The molecule has 0 bridgehead atoms. The quantitative estimate of drug-likeness (QED) is 0.908. The predicted octanol–water partition coefficient (Wildman–Crippen LogP) is 2.49. The van der Waals surface area contributed by atoms with E-state index in [-0.39, 0.29) is 12.5 Å². The lowest BCUT2D eigenvalue weighted by molar-refractivity contribution is -0.150. The molecule has 19 heavy (non-hydrogen) atoms. The van der Waals surface area contributed by atoms with Gasteiger partial charge in [-0.3, -0.25) is 0 Å². The second-order valence-corrected chi connectivity index (χ2v) is 4.73. The molecule has 0 aliphatic heterocycles. The third-order valence-corrected chi connectivity index (χ3v) is 2.85. The van der Waals surface area contributed by atoms with E-state index >= 15 is 0 Å².